The summed E-state index contributed by atoms with van der Waals surface area (Å²) in [6.45, 7) is 3.48. The molecule has 0 aromatic heterocycles. The van der Waals surface area contributed by atoms with E-state index in [4.69, 9.17) is 0 Å². The van der Waals surface area contributed by atoms with Crippen molar-refractivity contribution in [1.82, 2.24) is 0 Å². The average Bonchev–Trinajstić information content (AvgIpc) is 2.19. The maximum absolute atomic E-state index is 13.3. The third kappa shape index (κ3) is 2.10. The molecule has 1 unspecified atom stereocenters. The number of carbonyl (C=O) groups excluding carboxylic acids is 1. The lowest BCUT2D eigenvalue weighted by molar-refractivity contribution is -0.142. The molecular formula is C11H13FO2. The predicted molar refractivity (Wildman–Crippen MR) is 51.6 cm³/mol. The molecule has 0 saturated carbocycles. The first kappa shape index (κ1) is 10.7. The fraction of sp³-hybridized carbons (Fsp3) is 0.364. The Morgan fingerprint density at radius 2 is 2.14 bits per heavy atom. The minimum absolute atomic E-state index is 0.367. The Morgan fingerprint density at radius 3 is 2.71 bits per heavy atom. The first-order valence-corrected chi connectivity index (χ1v) is 4.40. The van der Waals surface area contributed by atoms with Crippen LogP contribution >= 0.6 is 0 Å². The SMILES string of the molecule is COC(=O)C(C)c1cc(C)ccc1F. The number of halogens is 1. The number of carbonyl (C=O) groups is 1. The molecule has 1 atom stereocenters. The Hall–Kier alpha value is -1.38. The van der Waals surface area contributed by atoms with Crippen LogP contribution < -0.4 is 0 Å². The van der Waals surface area contributed by atoms with Gasteiger partial charge in [-0.05, 0) is 19.9 Å². The van der Waals surface area contributed by atoms with Gasteiger partial charge in [0.25, 0.3) is 0 Å². The van der Waals surface area contributed by atoms with Crippen molar-refractivity contribution in [3.05, 3.63) is 35.1 Å². The Bertz CT molecular complexity index is 347. The minimum atomic E-state index is -0.556. The third-order valence-corrected chi connectivity index (χ3v) is 2.17. The van der Waals surface area contributed by atoms with E-state index >= 15 is 0 Å². The Balaban J connectivity index is 3.05. The normalized spacial score (nSPS) is 12.3. The zero-order valence-electron chi connectivity index (χ0n) is 8.50. The van der Waals surface area contributed by atoms with E-state index in [0.717, 1.165) is 5.56 Å². The maximum Gasteiger partial charge on any atom is 0.312 e. The molecule has 1 aromatic carbocycles. The second kappa shape index (κ2) is 4.22. The van der Waals surface area contributed by atoms with Gasteiger partial charge >= 0.3 is 5.97 Å². The van der Waals surface area contributed by atoms with E-state index in [0.29, 0.717) is 5.56 Å². The van der Waals surface area contributed by atoms with Crippen LogP contribution in [0.3, 0.4) is 0 Å². The van der Waals surface area contributed by atoms with Crippen molar-refractivity contribution in [2.45, 2.75) is 19.8 Å². The van der Waals surface area contributed by atoms with Crippen molar-refractivity contribution in [2.24, 2.45) is 0 Å². The first-order chi connectivity index (χ1) is 6.56. The zero-order valence-corrected chi connectivity index (χ0v) is 8.50. The van der Waals surface area contributed by atoms with Crippen LogP contribution in [0.1, 0.15) is 24.0 Å². The van der Waals surface area contributed by atoms with Crippen LogP contribution in [0.25, 0.3) is 0 Å². The van der Waals surface area contributed by atoms with E-state index in [1.54, 1.807) is 19.1 Å². The summed E-state index contributed by atoms with van der Waals surface area (Å²) in [5.41, 5.74) is 1.31. The molecule has 3 heteroatoms. The van der Waals surface area contributed by atoms with Crippen LogP contribution in [0.15, 0.2) is 18.2 Å². The van der Waals surface area contributed by atoms with Crippen LogP contribution in [0, 0.1) is 12.7 Å². The Morgan fingerprint density at radius 1 is 1.50 bits per heavy atom. The van der Waals surface area contributed by atoms with Gasteiger partial charge < -0.3 is 4.74 Å². The monoisotopic (exact) mass is 196 g/mol. The van der Waals surface area contributed by atoms with Crippen LogP contribution in [0.4, 0.5) is 4.39 Å². The van der Waals surface area contributed by atoms with E-state index in [2.05, 4.69) is 4.74 Å². The van der Waals surface area contributed by atoms with Gasteiger partial charge in [-0.1, -0.05) is 17.7 Å². The highest BCUT2D eigenvalue weighted by Gasteiger charge is 2.19. The van der Waals surface area contributed by atoms with Gasteiger partial charge in [0.05, 0.1) is 13.0 Å². The summed E-state index contributed by atoms with van der Waals surface area (Å²) in [7, 11) is 1.30. The average molecular weight is 196 g/mol. The van der Waals surface area contributed by atoms with Gasteiger partial charge in [-0.25, -0.2) is 4.39 Å². The first-order valence-electron chi connectivity index (χ1n) is 4.40. The van der Waals surface area contributed by atoms with E-state index in [9.17, 15) is 9.18 Å². The van der Waals surface area contributed by atoms with Crippen LogP contribution in [-0.4, -0.2) is 13.1 Å². The second-order valence-corrected chi connectivity index (χ2v) is 3.27. The quantitative estimate of drug-likeness (QED) is 0.679. The largest absolute Gasteiger partial charge is 0.469 e. The van der Waals surface area contributed by atoms with E-state index < -0.39 is 11.9 Å². The number of methoxy groups -OCH3 is 1. The molecule has 76 valence electrons. The van der Waals surface area contributed by atoms with Crippen LogP contribution in [0.5, 0.6) is 0 Å². The number of hydrogen-bond donors (Lipinski definition) is 0. The summed E-state index contributed by atoms with van der Waals surface area (Å²) >= 11 is 0. The molecule has 0 bridgehead atoms. The van der Waals surface area contributed by atoms with Gasteiger partial charge in [0.15, 0.2) is 0 Å². The number of rotatable bonds is 2. The summed E-state index contributed by atoms with van der Waals surface area (Å²) in [5, 5.41) is 0. The summed E-state index contributed by atoms with van der Waals surface area (Å²) in [6.07, 6.45) is 0. The fourth-order valence-corrected chi connectivity index (χ4v) is 1.30. The zero-order chi connectivity index (χ0) is 10.7. The van der Waals surface area contributed by atoms with Gasteiger partial charge in [-0.2, -0.15) is 0 Å². The van der Waals surface area contributed by atoms with Gasteiger partial charge in [-0.3, -0.25) is 4.79 Å². The predicted octanol–water partition coefficient (Wildman–Crippen LogP) is 2.41. The van der Waals surface area contributed by atoms with Crippen molar-refractivity contribution in [3.8, 4) is 0 Å². The molecule has 0 saturated heterocycles. The molecule has 0 aliphatic carbocycles. The highest BCUT2D eigenvalue weighted by atomic mass is 19.1. The second-order valence-electron chi connectivity index (χ2n) is 3.27. The molecule has 0 heterocycles. The molecule has 1 aromatic rings. The Labute approximate surface area is 82.7 Å². The van der Waals surface area contributed by atoms with Crippen LogP contribution in [0.2, 0.25) is 0 Å². The molecule has 0 radical (unpaired) electrons. The standard InChI is InChI=1S/C11H13FO2/c1-7-4-5-10(12)9(6-7)8(2)11(13)14-3/h4-6,8H,1-3H3. The molecule has 0 aliphatic rings. The summed E-state index contributed by atoms with van der Waals surface area (Å²) < 4.78 is 17.9. The summed E-state index contributed by atoms with van der Waals surface area (Å²) in [6, 6.07) is 4.70. The lowest BCUT2D eigenvalue weighted by Crippen LogP contribution is -2.12. The molecule has 2 nitrogen and oxygen atoms in total. The third-order valence-electron chi connectivity index (χ3n) is 2.17. The van der Waals surface area contributed by atoms with Crippen molar-refractivity contribution >= 4 is 5.97 Å². The Kier molecular flexibility index (Phi) is 3.23. The van der Waals surface area contributed by atoms with Crippen LogP contribution in [-0.2, 0) is 9.53 Å². The molecule has 0 spiro atoms. The van der Waals surface area contributed by atoms with Crippen molar-refractivity contribution < 1.29 is 13.9 Å². The minimum Gasteiger partial charge on any atom is -0.469 e. The highest BCUT2D eigenvalue weighted by Crippen LogP contribution is 2.21. The van der Waals surface area contributed by atoms with Gasteiger partial charge in [0.1, 0.15) is 5.82 Å². The molecule has 0 N–H and O–H groups in total. The highest BCUT2D eigenvalue weighted by molar-refractivity contribution is 5.77. The fourth-order valence-electron chi connectivity index (χ4n) is 1.30. The number of ether oxygens (including phenoxy) is 1. The van der Waals surface area contributed by atoms with E-state index in [1.807, 2.05) is 6.92 Å². The smallest absolute Gasteiger partial charge is 0.312 e. The van der Waals surface area contributed by atoms with E-state index in [1.165, 1.54) is 13.2 Å². The molecule has 14 heavy (non-hydrogen) atoms. The van der Waals surface area contributed by atoms with Gasteiger partial charge in [-0.15, -0.1) is 0 Å². The van der Waals surface area contributed by atoms with Crippen molar-refractivity contribution in [3.63, 3.8) is 0 Å². The molecule has 0 fully saturated rings. The summed E-state index contributed by atoms with van der Waals surface area (Å²) in [4.78, 5) is 11.2. The van der Waals surface area contributed by atoms with Gasteiger partial charge in [0.2, 0.25) is 0 Å². The topological polar surface area (TPSA) is 26.3 Å². The lowest BCUT2D eigenvalue weighted by atomic mass is 9.99. The van der Waals surface area contributed by atoms with Gasteiger partial charge in [0, 0.05) is 5.56 Å². The molecular weight excluding hydrogens is 183 g/mol. The molecule has 0 aliphatic heterocycles. The molecule has 0 amide bonds. The number of hydrogen-bond acceptors (Lipinski definition) is 2. The van der Waals surface area contributed by atoms with Crippen molar-refractivity contribution in [1.29, 1.82) is 0 Å². The van der Waals surface area contributed by atoms with E-state index in [-0.39, 0.29) is 5.82 Å². The maximum atomic E-state index is 13.3. The number of aryl methyl sites for hydroxylation is 1. The number of benzene rings is 1. The summed E-state index contributed by atoms with van der Waals surface area (Å²) in [5.74, 6) is -1.34. The number of esters is 1. The lowest BCUT2D eigenvalue weighted by Gasteiger charge is -2.10. The molecule has 1 rings (SSSR count). The van der Waals surface area contributed by atoms with Crippen molar-refractivity contribution in [2.75, 3.05) is 7.11 Å².